The molecule has 0 N–H and O–H groups in total. The van der Waals surface area contributed by atoms with Gasteiger partial charge in [-0.3, -0.25) is 4.79 Å². The lowest BCUT2D eigenvalue weighted by Gasteiger charge is -2.18. The molecule has 1 aromatic carbocycles. The average molecular weight is 306 g/mol. The smallest absolute Gasteiger partial charge is 0.416 e. The first-order chi connectivity index (χ1) is 9.25. The van der Waals surface area contributed by atoms with Gasteiger partial charge in [-0.1, -0.05) is 13.8 Å². The number of carbonyl (C=O) groups excluding carboxylic acids is 1. The molecule has 0 saturated heterocycles. The zero-order valence-electron chi connectivity index (χ0n) is 11.5. The van der Waals surface area contributed by atoms with Crippen LogP contribution in [0.1, 0.15) is 26.3 Å². The van der Waals surface area contributed by atoms with Gasteiger partial charge in [-0.25, -0.2) is 0 Å². The molecule has 0 aliphatic rings. The van der Waals surface area contributed by atoms with Gasteiger partial charge >= 0.3 is 12.1 Å². The maximum Gasteiger partial charge on any atom is 0.416 e. The summed E-state index contributed by atoms with van der Waals surface area (Å²) in [5.74, 6) is -0.311. The summed E-state index contributed by atoms with van der Waals surface area (Å²) < 4.78 is 42.3. The van der Waals surface area contributed by atoms with Crippen LogP contribution in [0.25, 0.3) is 0 Å². The SMILES string of the molecule is CCOC(=O)C(Sc1ccc(C(F)(F)F)cc1)C(C)C. The molecule has 20 heavy (non-hydrogen) atoms. The molecule has 0 bridgehead atoms. The molecule has 0 fully saturated rings. The van der Waals surface area contributed by atoms with Crippen LogP contribution >= 0.6 is 11.8 Å². The molecule has 1 aromatic rings. The van der Waals surface area contributed by atoms with Crippen LogP contribution in [0.5, 0.6) is 0 Å². The third-order valence-corrected chi connectivity index (χ3v) is 4.10. The second-order valence-corrected chi connectivity index (χ2v) is 5.77. The van der Waals surface area contributed by atoms with E-state index in [2.05, 4.69) is 0 Å². The maximum absolute atomic E-state index is 12.5. The highest BCUT2D eigenvalue weighted by atomic mass is 32.2. The highest BCUT2D eigenvalue weighted by Crippen LogP contribution is 2.33. The number of alkyl halides is 3. The third-order valence-electron chi connectivity index (χ3n) is 2.57. The Balaban J connectivity index is 2.82. The molecule has 1 atom stereocenters. The van der Waals surface area contributed by atoms with E-state index < -0.39 is 17.0 Å². The van der Waals surface area contributed by atoms with E-state index in [9.17, 15) is 18.0 Å². The topological polar surface area (TPSA) is 26.3 Å². The van der Waals surface area contributed by atoms with Crippen LogP contribution in [-0.2, 0) is 15.7 Å². The van der Waals surface area contributed by atoms with E-state index in [4.69, 9.17) is 4.74 Å². The first-order valence-corrected chi connectivity index (χ1v) is 7.14. The van der Waals surface area contributed by atoms with E-state index >= 15 is 0 Å². The van der Waals surface area contributed by atoms with Crippen molar-refractivity contribution in [2.45, 2.75) is 37.1 Å². The largest absolute Gasteiger partial charge is 0.465 e. The molecule has 112 valence electrons. The van der Waals surface area contributed by atoms with E-state index in [0.29, 0.717) is 4.90 Å². The first kappa shape index (κ1) is 16.9. The summed E-state index contributed by atoms with van der Waals surface area (Å²) in [6, 6.07) is 4.79. The lowest BCUT2D eigenvalue weighted by atomic mass is 10.1. The lowest BCUT2D eigenvalue weighted by Crippen LogP contribution is -2.25. The van der Waals surface area contributed by atoms with Gasteiger partial charge in [0.1, 0.15) is 5.25 Å². The Morgan fingerprint density at radius 3 is 2.20 bits per heavy atom. The Labute approximate surface area is 120 Å². The number of ether oxygens (including phenoxy) is 1. The van der Waals surface area contributed by atoms with Gasteiger partial charge < -0.3 is 4.74 Å². The molecule has 0 amide bonds. The fraction of sp³-hybridized carbons (Fsp3) is 0.500. The summed E-state index contributed by atoms with van der Waals surface area (Å²) in [5.41, 5.74) is -0.695. The van der Waals surface area contributed by atoms with E-state index in [0.717, 1.165) is 12.1 Å². The molecule has 2 nitrogen and oxygen atoms in total. The van der Waals surface area contributed by atoms with Crippen LogP contribution in [-0.4, -0.2) is 17.8 Å². The van der Waals surface area contributed by atoms with Crippen molar-refractivity contribution in [2.75, 3.05) is 6.61 Å². The third kappa shape index (κ3) is 4.74. The molecule has 0 aromatic heterocycles. The second kappa shape index (κ2) is 7.02. The second-order valence-electron chi connectivity index (χ2n) is 4.56. The zero-order valence-corrected chi connectivity index (χ0v) is 12.3. The predicted octanol–water partition coefficient (Wildman–Crippen LogP) is 4.39. The van der Waals surface area contributed by atoms with E-state index in [-0.39, 0.29) is 18.5 Å². The Kier molecular flexibility index (Phi) is 5.92. The van der Waals surface area contributed by atoms with Gasteiger partial charge in [0.15, 0.2) is 0 Å². The highest BCUT2D eigenvalue weighted by Gasteiger charge is 2.30. The van der Waals surface area contributed by atoms with Crippen molar-refractivity contribution in [1.29, 1.82) is 0 Å². The molecule has 0 spiro atoms. The van der Waals surface area contributed by atoms with E-state index in [1.54, 1.807) is 6.92 Å². The molecule has 1 unspecified atom stereocenters. The van der Waals surface area contributed by atoms with Crippen LogP contribution < -0.4 is 0 Å². The minimum absolute atomic E-state index is 0.0290. The molecule has 0 radical (unpaired) electrons. The summed E-state index contributed by atoms with van der Waals surface area (Å²) in [5, 5.41) is -0.424. The number of benzene rings is 1. The van der Waals surface area contributed by atoms with Crippen LogP contribution in [0.2, 0.25) is 0 Å². The number of hydrogen-bond acceptors (Lipinski definition) is 3. The molecule has 1 rings (SSSR count). The number of hydrogen-bond donors (Lipinski definition) is 0. The summed E-state index contributed by atoms with van der Waals surface area (Å²) >= 11 is 1.22. The summed E-state index contributed by atoms with van der Waals surface area (Å²) in [6.45, 7) is 5.76. The van der Waals surface area contributed by atoms with Crippen molar-refractivity contribution in [2.24, 2.45) is 5.92 Å². The molecule has 6 heteroatoms. The fourth-order valence-electron chi connectivity index (χ4n) is 1.55. The summed E-state index contributed by atoms with van der Waals surface area (Å²) in [6.07, 6.45) is -4.35. The van der Waals surface area contributed by atoms with Gasteiger partial charge in [-0.2, -0.15) is 13.2 Å². The molecule has 0 aliphatic carbocycles. The van der Waals surface area contributed by atoms with Crippen LogP contribution in [0.4, 0.5) is 13.2 Å². The Morgan fingerprint density at radius 1 is 1.25 bits per heavy atom. The van der Waals surface area contributed by atoms with Crippen LogP contribution in [0, 0.1) is 5.92 Å². The van der Waals surface area contributed by atoms with Crippen molar-refractivity contribution in [3.05, 3.63) is 29.8 Å². The fourth-order valence-corrected chi connectivity index (χ4v) is 2.57. The van der Waals surface area contributed by atoms with E-state index in [1.807, 2.05) is 13.8 Å². The average Bonchev–Trinajstić information content (AvgIpc) is 2.35. The quantitative estimate of drug-likeness (QED) is 0.596. The number of carbonyl (C=O) groups is 1. The number of rotatable bonds is 5. The van der Waals surface area contributed by atoms with Gasteiger partial charge in [0.2, 0.25) is 0 Å². The maximum atomic E-state index is 12.5. The van der Waals surface area contributed by atoms with Crippen molar-refractivity contribution < 1.29 is 22.7 Å². The van der Waals surface area contributed by atoms with Crippen LogP contribution in [0.3, 0.4) is 0 Å². The monoisotopic (exact) mass is 306 g/mol. The minimum atomic E-state index is -4.35. The van der Waals surface area contributed by atoms with Crippen molar-refractivity contribution in [1.82, 2.24) is 0 Å². The van der Waals surface area contributed by atoms with Gasteiger partial charge in [0.05, 0.1) is 12.2 Å². The summed E-state index contributed by atoms with van der Waals surface area (Å²) in [7, 11) is 0. The molecular formula is C14H17F3O2S. The van der Waals surface area contributed by atoms with Crippen molar-refractivity contribution in [3.63, 3.8) is 0 Å². The standard InChI is InChI=1S/C14H17F3O2S/c1-4-19-13(18)12(9(2)3)20-11-7-5-10(6-8-11)14(15,16)17/h5-9,12H,4H2,1-3H3. The first-order valence-electron chi connectivity index (χ1n) is 6.26. The highest BCUT2D eigenvalue weighted by molar-refractivity contribution is 8.00. The van der Waals surface area contributed by atoms with Crippen LogP contribution in [0.15, 0.2) is 29.2 Å². The zero-order chi connectivity index (χ0) is 15.3. The van der Waals surface area contributed by atoms with E-state index in [1.165, 1.54) is 23.9 Å². The molecule has 0 heterocycles. The van der Waals surface area contributed by atoms with Gasteiger partial charge in [-0.05, 0) is 37.1 Å². The minimum Gasteiger partial charge on any atom is -0.465 e. The molecular weight excluding hydrogens is 289 g/mol. The summed E-state index contributed by atoms with van der Waals surface area (Å²) in [4.78, 5) is 12.4. The lowest BCUT2D eigenvalue weighted by molar-refractivity contribution is -0.143. The number of thioether (sulfide) groups is 1. The Morgan fingerprint density at radius 2 is 1.80 bits per heavy atom. The Hall–Kier alpha value is -1.17. The van der Waals surface area contributed by atoms with Gasteiger partial charge in [0.25, 0.3) is 0 Å². The Bertz CT molecular complexity index is 441. The van der Waals surface area contributed by atoms with Gasteiger partial charge in [0, 0.05) is 4.90 Å². The predicted molar refractivity (Wildman–Crippen MR) is 72.6 cm³/mol. The van der Waals surface area contributed by atoms with Crippen molar-refractivity contribution >= 4 is 17.7 Å². The molecule has 0 aliphatic heterocycles. The van der Waals surface area contributed by atoms with Crippen molar-refractivity contribution in [3.8, 4) is 0 Å². The molecule has 0 saturated carbocycles. The normalized spacial score (nSPS) is 13.3. The van der Waals surface area contributed by atoms with Gasteiger partial charge in [-0.15, -0.1) is 11.8 Å². The number of halogens is 3. The number of esters is 1.